The van der Waals surface area contributed by atoms with Gasteiger partial charge in [0, 0.05) is 36.2 Å². The van der Waals surface area contributed by atoms with Gasteiger partial charge in [-0.2, -0.15) is 0 Å². The average Bonchev–Trinajstić information content (AvgIpc) is 3.10. The standard InChI is InChI=1S/C32H50O7/c1-10-24-27-16-28(35)38-30(21(6)15-19(4)14-20(5)29(36)22(7)25(33)11-2)23(8)26(34)13-12-18(3)17-32(9,39-27)31(24)37/h12,14,20-23,26,29-30,34,36H,10-11,13,15-17H2,1-9H3/b18-12+,19-14+/t20-,21+,22+,23-,26+,29+,30+,32+/m0/s1. The number of cyclic esters (lactones) is 1. The first-order chi connectivity index (χ1) is 18.1. The summed E-state index contributed by atoms with van der Waals surface area (Å²) in [7, 11) is 0. The highest BCUT2D eigenvalue weighted by molar-refractivity contribution is 6.04. The van der Waals surface area contributed by atoms with Crippen LogP contribution in [-0.4, -0.2) is 51.7 Å². The Labute approximate surface area is 234 Å². The van der Waals surface area contributed by atoms with E-state index in [0.717, 1.165) is 11.1 Å². The van der Waals surface area contributed by atoms with Crippen LogP contribution in [0.25, 0.3) is 0 Å². The van der Waals surface area contributed by atoms with Crippen LogP contribution in [-0.2, 0) is 23.9 Å². The second kappa shape index (κ2) is 13.9. The van der Waals surface area contributed by atoms with Gasteiger partial charge in [-0.05, 0) is 46.0 Å². The Balaban J connectivity index is 2.30. The summed E-state index contributed by atoms with van der Waals surface area (Å²) in [6.45, 7) is 16.9. The van der Waals surface area contributed by atoms with Gasteiger partial charge in [-0.1, -0.05) is 64.8 Å². The Morgan fingerprint density at radius 2 is 1.87 bits per heavy atom. The van der Waals surface area contributed by atoms with Gasteiger partial charge in [-0.25, -0.2) is 0 Å². The molecule has 0 aromatic heterocycles. The normalized spacial score (nSPS) is 31.5. The van der Waals surface area contributed by atoms with Gasteiger partial charge in [0.05, 0.1) is 12.2 Å². The van der Waals surface area contributed by atoms with E-state index >= 15 is 0 Å². The van der Waals surface area contributed by atoms with Crippen molar-refractivity contribution in [3.05, 3.63) is 34.6 Å². The minimum absolute atomic E-state index is 0.0337. The van der Waals surface area contributed by atoms with Crippen LogP contribution in [0.4, 0.5) is 0 Å². The van der Waals surface area contributed by atoms with Gasteiger partial charge in [0.1, 0.15) is 24.1 Å². The van der Waals surface area contributed by atoms with Crippen molar-refractivity contribution in [2.75, 3.05) is 0 Å². The molecule has 2 N–H and O–H groups in total. The molecule has 0 aromatic carbocycles. The van der Waals surface area contributed by atoms with Crippen molar-refractivity contribution in [3.63, 3.8) is 0 Å². The molecule has 0 saturated carbocycles. The fraction of sp³-hybridized carbons (Fsp3) is 0.719. The Kier molecular flexibility index (Phi) is 11.7. The molecule has 2 aliphatic heterocycles. The SMILES string of the molecule is CCC(=O)[C@@H](C)[C@H](O)[C@@H](C)/C=C(\C)C[C@@H](C)[C@H]1OC(=O)CC2=C(CC)C(=O)[C@@](C)(C/C(C)=C/C[C@@H](O)[C@@H]1C)O2. The molecule has 2 heterocycles. The van der Waals surface area contributed by atoms with Crippen LogP contribution in [0.5, 0.6) is 0 Å². The minimum Gasteiger partial charge on any atom is -0.482 e. The van der Waals surface area contributed by atoms with Crippen LogP contribution in [0.1, 0.15) is 101 Å². The molecule has 2 aliphatic rings. The van der Waals surface area contributed by atoms with Crippen LogP contribution >= 0.6 is 0 Å². The fourth-order valence-corrected chi connectivity index (χ4v) is 6.08. The smallest absolute Gasteiger partial charge is 0.313 e. The van der Waals surface area contributed by atoms with Crippen LogP contribution < -0.4 is 0 Å². The largest absolute Gasteiger partial charge is 0.482 e. The molecule has 0 fully saturated rings. The number of carbonyl (C=O) groups is 3. The summed E-state index contributed by atoms with van der Waals surface area (Å²) >= 11 is 0. The van der Waals surface area contributed by atoms with E-state index in [4.69, 9.17) is 9.47 Å². The predicted molar refractivity (Wildman–Crippen MR) is 152 cm³/mol. The number of ether oxygens (including phenoxy) is 2. The lowest BCUT2D eigenvalue weighted by molar-refractivity contribution is -0.158. The number of rotatable bonds is 9. The van der Waals surface area contributed by atoms with Crippen molar-refractivity contribution in [1.82, 2.24) is 0 Å². The summed E-state index contributed by atoms with van der Waals surface area (Å²) in [5, 5.41) is 21.7. The fourth-order valence-electron chi connectivity index (χ4n) is 6.08. The summed E-state index contributed by atoms with van der Waals surface area (Å²) in [6.07, 6.45) is 3.95. The third-order valence-corrected chi connectivity index (χ3v) is 8.47. The van der Waals surface area contributed by atoms with Crippen LogP contribution in [0.15, 0.2) is 34.6 Å². The van der Waals surface area contributed by atoms with Crippen LogP contribution in [0.2, 0.25) is 0 Å². The summed E-state index contributed by atoms with van der Waals surface area (Å²) in [5.41, 5.74) is 1.45. The lowest BCUT2D eigenvalue weighted by Gasteiger charge is -2.32. The van der Waals surface area contributed by atoms with Gasteiger partial charge in [0.25, 0.3) is 0 Å². The molecule has 220 valence electrons. The molecule has 8 atom stereocenters. The number of allylic oxidation sites excluding steroid dienone is 1. The van der Waals surface area contributed by atoms with Crippen molar-refractivity contribution >= 4 is 17.5 Å². The van der Waals surface area contributed by atoms with Gasteiger partial charge in [0.2, 0.25) is 5.78 Å². The van der Waals surface area contributed by atoms with Crippen molar-refractivity contribution < 1.29 is 34.1 Å². The maximum absolute atomic E-state index is 13.2. The topological polar surface area (TPSA) is 110 Å². The molecule has 0 spiro atoms. The Morgan fingerprint density at radius 1 is 1.23 bits per heavy atom. The predicted octanol–water partition coefficient (Wildman–Crippen LogP) is 5.63. The van der Waals surface area contributed by atoms with E-state index in [9.17, 15) is 24.6 Å². The van der Waals surface area contributed by atoms with Gasteiger partial charge in [-0.3, -0.25) is 14.4 Å². The molecule has 0 radical (unpaired) electrons. The number of aliphatic hydroxyl groups excluding tert-OH is 2. The van der Waals surface area contributed by atoms with E-state index in [-0.39, 0.29) is 35.7 Å². The molecule has 2 bridgehead atoms. The Bertz CT molecular complexity index is 1010. The highest BCUT2D eigenvalue weighted by atomic mass is 16.6. The molecule has 0 aromatic rings. The van der Waals surface area contributed by atoms with Crippen molar-refractivity contribution in [1.29, 1.82) is 0 Å². The van der Waals surface area contributed by atoms with Gasteiger partial charge in [-0.15, -0.1) is 0 Å². The molecular weight excluding hydrogens is 496 g/mol. The molecule has 2 rings (SSSR count). The third-order valence-electron chi connectivity index (χ3n) is 8.47. The highest BCUT2D eigenvalue weighted by Gasteiger charge is 2.45. The lowest BCUT2D eigenvalue weighted by atomic mass is 9.83. The Morgan fingerprint density at radius 3 is 2.46 bits per heavy atom. The molecule has 7 nitrogen and oxygen atoms in total. The number of Topliss-reactive ketones (excluding diaryl/α,β-unsaturated/α-hetero) is 2. The van der Waals surface area contributed by atoms with Crippen molar-refractivity contribution in [2.45, 2.75) is 125 Å². The molecule has 39 heavy (non-hydrogen) atoms. The summed E-state index contributed by atoms with van der Waals surface area (Å²) in [4.78, 5) is 38.4. The van der Waals surface area contributed by atoms with Crippen molar-refractivity contribution in [2.24, 2.45) is 23.7 Å². The van der Waals surface area contributed by atoms with Gasteiger partial charge >= 0.3 is 5.97 Å². The first-order valence-corrected chi connectivity index (χ1v) is 14.5. The van der Waals surface area contributed by atoms with E-state index in [1.165, 1.54) is 0 Å². The number of ketones is 2. The Hall–Kier alpha value is -2.25. The molecule has 0 amide bonds. The van der Waals surface area contributed by atoms with Crippen LogP contribution in [0.3, 0.4) is 0 Å². The quantitative estimate of drug-likeness (QED) is 0.285. The summed E-state index contributed by atoms with van der Waals surface area (Å²) in [6, 6.07) is 0. The second-order valence-electron chi connectivity index (χ2n) is 12.1. The van der Waals surface area contributed by atoms with Crippen molar-refractivity contribution in [3.8, 4) is 0 Å². The molecule has 0 aliphatic carbocycles. The number of hydrogen-bond donors (Lipinski definition) is 2. The lowest BCUT2D eigenvalue weighted by Crippen LogP contribution is -2.38. The zero-order valence-corrected chi connectivity index (χ0v) is 25.4. The number of aliphatic hydroxyl groups is 2. The van der Waals surface area contributed by atoms with E-state index < -0.39 is 35.8 Å². The molecule has 0 saturated heterocycles. The first kappa shape index (κ1) is 33.0. The number of carbonyl (C=O) groups excluding carboxylic acids is 3. The number of fused-ring (bicyclic) bond motifs is 2. The monoisotopic (exact) mass is 546 g/mol. The number of hydrogen-bond acceptors (Lipinski definition) is 7. The third kappa shape index (κ3) is 8.14. The molecular formula is C32H50O7. The van der Waals surface area contributed by atoms with E-state index in [1.807, 2.05) is 53.7 Å². The maximum Gasteiger partial charge on any atom is 0.313 e. The number of esters is 1. The van der Waals surface area contributed by atoms with E-state index in [2.05, 4.69) is 0 Å². The molecule has 7 heteroatoms. The van der Waals surface area contributed by atoms with E-state index in [1.54, 1.807) is 20.8 Å². The second-order valence-corrected chi connectivity index (χ2v) is 12.1. The minimum atomic E-state index is -1.05. The highest BCUT2D eigenvalue weighted by Crippen LogP contribution is 2.39. The summed E-state index contributed by atoms with van der Waals surface area (Å²) in [5.74, 6) is -1.27. The maximum atomic E-state index is 13.2. The van der Waals surface area contributed by atoms with Gasteiger partial charge < -0.3 is 19.7 Å². The zero-order valence-electron chi connectivity index (χ0n) is 25.4. The van der Waals surface area contributed by atoms with Gasteiger partial charge in [0.15, 0.2) is 5.60 Å². The molecule has 0 unspecified atom stereocenters. The van der Waals surface area contributed by atoms with Crippen LogP contribution in [0, 0.1) is 23.7 Å². The zero-order chi connectivity index (χ0) is 29.7. The van der Waals surface area contributed by atoms with E-state index in [0.29, 0.717) is 43.4 Å². The first-order valence-electron chi connectivity index (χ1n) is 14.5. The average molecular weight is 547 g/mol. The summed E-state index contributed by atoms with van der Waals surface area (Å²) < 4.78 is 12.1.